The molecule has 1 aliphatic carbocycles. The van der Waals surface area contributed by atoms with Gasteiger partial charge < -0.3 is 14.4 Å². The molecule has 1 N–H and O–H groups in total. The fourth-order valence-corrected chi connectivity index (χ4v) is 5.45. The van der Waals surface area contributed by atoms with E-state index in [0.717, 1.165) is 37.5 Å². The second kappa shape index (κ2) is 7.96. The van der Waals surface area contributed by atoms with Gasteiger partial charge in [-0.25, -0.2) is 13.1 Å². The summed E-state index contributed by atoms with van der Waals surface area (Å²) < 4.78 is 38.2. The molecule has 4 heterocycles. The minimum absolute atomic E-state index is 0.0864. The van der Waals surface area contributed by atoms with E-state index in [1.165, 1.54) is 0 Å². The molecule has 1 unspecified atom stereocenters. The minimum atomic E-state index is -3.37. The van der Waals surface area contributed by atoms with Crippen LogP contribution in [0.5, 0.6) is 5.75 Å². The molecule has 8 nitrogen and oxygen atoms in total. The molecule has 9 heteroatoms. The van der Waals surface area contributed by atoms with Crippen LogP contribution in [0.3, 0.4) is 0 Å². The monoisotopic (exact) mass is 409 g/mol. The normalized spacial score (nSPS) is 31.2. The number of aromatic nitrogens is 1. The summed E-state index contributed by atoms with van der Waals surface area (Å²) in [5.74, 6) is 0.891. The summed E-state index contributed by atoms with van der Waals surface area (Å²) in [5, 5.41) is 0. The van der Waals surface area contributed by atoms with Crippen molar-refractivity contribution in [2.75, 3.05) is 26.0 Å². The minimum Gasteiger partial charge on any atom is -0.482 e. The first-order valence-electron chi connectivity index (χ1n) is 9.86. The van der Waals surface area contributed by atoms with Crippen LogP contribution in [0, 0.1) is 0 Å². The van der Waals surface area contributed by atoms with Crippen LogP contribution in [0.25, 0.3) is 0 Å². The maximum absolute atomic E-state index is 12.8. The van der Waals surface area contributed by atoms with Crippen molar-refractivity contribution in [2.45, 2.75) is 56.2 Å². The zero-order chi connectivity index (χ0) is 19.7. The molecular weight excluding hydrogens is 382 g/mol. The molecule has 2 atom stereocenters. The molecule has 2 fully saturated rings. The van der Waals surface area contributed by atoms with Crippen LogP contribution in [0.1, 0.15) is 43.6 Å². The van der Waals surface area contributed by atoms with Gasteiger partial charge in [0.1, 0.15) is 5.75 Å². The van der Waals surface area contributed by atoms with Crippen molar-refractivity contribution in [3.05, 3.63) is 24.0 Å². The standard InChI is InChI=1S/C19H27N3O5S/c1-28(24,25)21-16-7-9-22-17(16)11-26-14-4-2-13(3-5-14)15-6-8-20-10-18(15)27-12-19(22)23/h6,8,10,13-14,16-17,21H,2-5,7,9,11-12H2,1H3/t13?,14?,16?,17-/m0/s1. The topological polar surface area (TPSA) is 97.8 Å². The second-order valence-electron chi connectivity index (χ2n) is 7.95. The fraction of sp³-hybridized carbons (Fsp3) is 0.684. The molecule has 0 aromatic carbocycles. The number of amides is 1. The number of ether oxygens (including phenoxy) is 2. The van der Waals surface area contributed by atoms with E-state index in [1.807, 2.05) is 6.07 Å². The molecular formula is C19H27N3O5S. The number of fused-ring (bicyclic) bond motifs is 5. The number of sulfonamides is 1. The van der Waals surface area contributed by atoms with Crippen molar-refractivity contribution >= 4 is 15.9 Å². The predicted octanol–water partition coefficient (Wildman–Crippen LogP) is 1.04. The van der Waals surface area contributed by atoms with Crippen LogP contribution < -0.4 is 9.46 Å². The Kier molecular flexibility index (Phi) is 5.57. The molecule has 1 amide bonds. The van der Waals surface area contributed by atoms with Gasteiger partial charge in [-0.15, -0.1) is 0 Å². The lowest BCUT2D eigenvalue weighted by Crippen LogP contribution is -2.50. The molecule has 1 aromatic heterocycles. The highest BCUT2D eigenvalue weighted by atomic mass is 32.2. The maximum atomic E-state index is 12.8. The number of carbonyl (C=O) groups excluding carboxylic acids is 1. The first-order chi connectivity index (χ1) is 13.4. The lowest BCUT2D eigenvalue weighted by atomic mass is 9.82. The summed E-state index contributed by atoms with van der Waals surface area (Å²) in [6.45, 7) is 0.732. The molecule has 2 bridgehead atoms. The van der Waals surface area contributed by atoms with Crippen LogP contribution in [-0.4, -0.2) is 68.4 Å². The zero-order valence-corrected chi connectivity index (χ0v) is 16.9. The summed E-state index contributed by atoms with van der Waals surface area (Å²) in [6.07, 6.45) is 9.18. The van der Waals surface area contributed by atoms with Crippen molar-refractivity contribution in [3.8, 4) is 5.75 Å². The van der Waals surface area contributed by atoms with Crippen LogP contribution >= 0.6 is 0 Å². The Morgan fingerprint density at radius 3 is 2.75 bits per heavy atom. The van der Waals surface area contributed by atoms with E-state index in [9.17, 15) is 13.2 Å². The summed E-state index contributed by atoms with van der Waals surface area (Å²) in [6, 6.07) is 1.32. The number of nitrogens with one attached hydrogen (secondary N) is 1. The van der Waals surface area contributed by atoms with Gasteiger partial charge in [0.15, 0.2) is 6.61 Å². The smallest absolute Gasteiger partial charge is 0.260 e. The Balaban J connectivity index is 1.59. The number of carbonyl (C=O) groups is 1. The Hall–Kier alpha value is -1.71. The van der Waals surface area contributed by atoms with E-state index < -0.39 is 10.0 Å². The second-order valence-corrected chi connectivity index (χ2v) is 9.73. The van der Waals surface area contributed by atoms with Gasteiger partial charge in [-0.05, 0) is 44.1 Å². The van der Waals surface area contributed by atoms with Crippen molar-refractivity contribution in [1.29, 1.82) is 0 Å². The van der Waals surface area contributed by atoms with Crippen LogP contribution in [-0.2, 0) is 19.6 Å². The molecule has 4 aliphatic rings. The molecule has 1 saturated carbocycles. The Labute approximate surface area is 165 Å². The molecule has 3 aliphatic heterocycles. The van der Waals surface area contributed by atoms with Crippen molar-refractivity contribution in [3.63, 3.8) is 0 Å². The lowest BCUT2D eigenvalue weighted by Gasteiger charge is -2.32. The summed E-state index contributed by atoms with van der Waals surface area (Å²) in [4.78, 5) is 18.7. The molecule has 1 saturated heterocycles. The summed E-state index contributed by atoms with van der Waals surface area (Å²) in [7, 11) is -3.37. The fourth-order valence-electron chi connectivity index (χ4n) is 4.63. The first kappa shape index (κ1) is 19.6. The SMILES string of the molecule is CS(=O)(=O)NC1CCN2C(=O)COc3cnccc3C3CCC(CC3)OC[C@@H]12. The first-order valence-corrected chi connectivity index (χ1v) is 11.7. The van der Waals surface area contributed by atoms with Crippen molar-refractivity contribution in [2.24, 2.45) is 0 Å². The largest absolute Gasteiger partial charge is 0.482 e. The molecule has 5 rings (SSSR count). The highest BCUT2D eigenvalue weighted by Gasteiger charge is 2.39. The maximum Gasteiger partial charge on any atom is 0.260 e. The van der Waals surface area contributed by atoms with Crippen molar-refractivity contribution in [1.82, 2.24) is 14.6 Å². The van der Waals surface area contributed by atoms with E-state index >= 15 is 0 Å². The average Bonchev–Trinajstić information content (AvgIpc) is 3.05. The lowest BCUT2D eigenvalue weighted by molar-refractivity contribution is -0.136. The predicted molar refractivity (Wildman–Crippen MR) is 103 cm³/mol. The molecule has 154 valence electrons. The van der Waals surface area contributed by atoms with Crippen LogP contribution in [0.4, 0.5) is 0 Å². The third-order valence-corrected chi connectivity index (χ3v) is 6.75. The Bertz CT molecular complexity index is 823. The molecule has 28 heavy (non-hydrogen) atoms. The number of pyridine rings is 1. The van der Waals surface area contributed by atoms with Crippen LogP contribution in [0.15, 0.2) is 18.5 Å². The van der Waals surface area contributed by atoms with Gasteiger partial charge in [-0.3, -0.25) is 9.78 Å². The number of rotatable bonds is 2. The van der Waals surface area contributed by atoms with E-state index in [2.05, 4.69) is 9.71 Å². The van der Waals surface area contributed by atoms with Gasteiger partial charge in [-0.2, -0.15) is 0 Å². The van der Waals surface area contributed by atoms with Gasteiger partial charge in [0, 0.05) is 24.3 Å². The van der Waals surface area contributed by atoms with E-state index in [4.69, 9.17) is 9.47 Å². The highest BCUT2D eigenvalue weighted by molar-refractivity contribution is 7.88. The van der Waals surface area contributed by atoms with E-state index in [1.54, 1.807) is 17.3 Å². The van der Waals surface area contributed by atoms with Gasteiger partial charge in [0.25, 0.3) is 5.91 Å². The average molecular weight is 410 g/mol. The summed E-state index contributed by atoms with van der Waals surface area (Å²) in [5.41, 5.74) is 1.11. The zero-order valence-electron chi connectivity index (χ0n) is 16.0. The molecule has 1 aromatic rings. The number of hydrogen-bond acceptors (Lipinski definition) is 6. The van der Waals surface area contributed by atoms with Gasteiger partial charge >= 0.3 is 0 Å². The van der Waals surface area contributed by atoms with Crippen LogP contribution in [0.2, 0.25) is 0 Å². The van der Waals surface area contributed by atoms with Gasteiger partial charge in [0.05, 0.1) is 31.2 Å². The third-order valence-electron chi connectivity index (χ3n) is 6.02. The van der Waals surface area contributed by atoms with Gasteiger partial charge in [-0.1, -0.05) is 0 Å². The Morgan fingerprint density at radius 2 is 2.00 bits per heavy atom. The third kappa shape index (κ3) is 4.31. The van der Waals surface area contributed by atoms with Gasteiger partial charge in [0.2, 0.25) is 10.0 Å². The summed E-state index contributed by atoms with van der Waals surface area (Å²) >= 11 is 0. The van der Waals surface area contributed by atoms with E-state index in [0.29, 0.717) is 31.2 Å². The Morgan fingerprint density at radius 1 is 1.21 bits per heavy atom. The number of nitrogens with zero attached hydrogens (tertiary/aromatic N) is 2. The highest BCUT2D eigenvalue weighted by Crippen LogP contribution is 2.38. The quantitative estimate of drug-likeness (QED) is 0.784. The van der Waals surface area contributed by atoms with E-state index in [-0.39, 0.29) is 30.7 Å². The molecule has 0 radical (unpaired) electrons. The number of hydrogen-bond donors (Lipinski definition) is 1. The van der Waals surface area contributed by atoms with Crippen molar-refractivity contribution < 1.29 is 22.7 Å². The molecule has 0 spiro atoms.